The monoisotopic (exact) mass is 123 g/mol. The van der Waals surface area contributed by atoms with Gasteiger partial charge in [-0.25, -0.2) is 0 Å². The summed E-state index contributed by atoms with van der Waals surface area (Å²) in [5.74, 6) is 0.634. The van der Waals surface area contributed by atoms with Crippen molar-refractivity contribution in [3.05, 3.63) is 23.4 Å². The van der Waals surface area contributed by atoms with Crippen molar-refractivity contribution in [1.29, 1.82) is 0 Å². The fourth-order valence-electron chi connectivity index (χ4n) is 1.28. The van der Waals surface area contributed by atoms with Gasteiger partial charge in [0.25, 0.3) is 0 Å². The molecule has 1 atom stereocenters. The van der Waals surface area contributed by atoms with Gasteiger partial charge >= 0.3 is 0 Å². The van der Waals surface area contributed by atoms with Crippen LogP contribution in [0.2, 0.25) is 0 Å². The lowest BCUT2D eigenvalue weighted by atomic mass is 9.97. The maximum atomic E-state index is 5.64. The Balaban J connectivity index is 2.74. The van der Waals surface area contributed by atoms with Gasteiger partial charge in [0.1, 0.15) is 0 Å². The first-order chi connectivity index (χ1) is 4.18. The Morgan fingerprint density at radius 3 is 2.78 bits per heavy atom. The molecular weight excluding hydrogens is 110 g/mol. The van der Waals surface area contributed by atoms with Crippen LogP contribution >= 0.6 is 0 Å². The summed E-state index contributed by atoms with van der Waals surface area (Å²) in [7, 11) is 0. The van der Waals surface area contributed by atoms with Gasteiger partial charge in [-0.2, -0.15) is 0 Å². The standard InChI is InChI=1S/C8H13N/c1-6-3-7(2)5-8(9)4-6/h3-4,7H,5,9H2,1-2H3. The van der Waals surface area contributed by atoms with Crippen LogP contribution in [-0.2, 0) is 0 Å². The average Bonchev–Trinajstić information content (AvgIpc) is 1.59. The van der Waals surface area contributed by atoms with Crippen LogP contribution in [0.4, 0.5) is 0 Å². The zero-order valence-corrected chi connectivity index (χ0v) is 6.02. The van der Waals surface area contributed by atoms with Crippen LogP contribution in [0.5, 0.6) is 0 Å². The number of nitrogens with two attached hydrogens (primary N) is 1. The van der Waals surface area contributed by atoms with Crippen molar-refractivity contribution >= 4 is 0 Å². The van der Waals surface area contributed by atoms with Gasteiger partial charge in [0.05, 0.1) is 0 Å². The Kier molecular flexibility index (Phi) is 1.60. The number of hydrogen-bond donors (Lipinski definition) is 1. The van der Waals surface area contributed by atoms with E-state index >= 15 is 0 Å². The Hall–Kier alpha value is -0.720. The second kappa shape index (κ2) is 2.26. The van der Waals surface area contributed by atoms with Crippen LogP contribution < -0.4 is 5.73 Å². The van der Waals surface area contributed by atoms with E-state index in [0.717, 1.165) is 12.1 Å². The van der Waals surface area contributed by atoms with E-state index in [1.54, 1.807) is 0 Å². The molecule has 0 fully saturated rings. The van der Waals surface area contributed by atoms with Crippen LogP contribution in [0.25, 0.3) is 0 Å². The van der Waals surface area contributed by atoms with E-state index in [0.29, 0.717) is 5.92 Å². The summed E-state index contributed by atoms with van der Waals surface area (Å²) >= 11 is 0. The molecular formula is C8H13N. The van der Waals surface area contributed by atoms with E-state index in [4.69, 9.17) is 5.73 Å². The first kappa shape index (κ1) is 6.40. The van der Waals surface area contributed by atoms with Crippen molar-refractivity contribution in [2.24, 2.45) is 11.7 Å². The fraction of sp³-hybridized carbons (Fsp3) is 0.500. The van der Waals surface area contributed by atoms with E-state index in [2.05, 4.69) is 19.9 Å². The molecule has 50 valence electrons. The Morgan fingerprint density at radius 2 is 2.33 bits per heavy atom. The Bertz CT molecular complexity index is 165. The molecule has 0 aromatic carbocycles. The second-order valence-electron chi connectivity index (χ2n) is 2.81. The molecule has 1 rings (SSSR count). The largest absolute Gasteiger partial charge is 0.402 e. The lowest BCUT2D eigenvalue weighted by molar-refractivity contribution is 0.694. The van der Waals surface area contributed by atoms with Gasteiger partial charge in [-0.3, -0.25) is 0 Å². The Morgan fingerprint density at radius 1 is 1.67 bits per heavy atom. The highest BCUT2D eigenvalue weighted by Gasteiger charge is 2.04. The SMILES string of the molecule is CC1=CC(C)CC(N)=C1. The molecule has 2 N–H and O–H groups in total. The van der Waals surface area contributed by atoms with Crippen molar-refractivity contribution in [1.82, 2.24) is 0 Å². The molecule has 0 aliphatic heterocycles. The maximum absolute atomic E-state index is 5.64. The van der Waals surface area contributed by atoms with E-state index in [1.165, 1.54) is 5.57 Å². The summed E-state index contributed by atoms with van der Waals surface area (Å²) in [5, 5.41) is 0. The molecule has 0 saturated heterocycles. The molecule has 9 heavy (non-hydrogen) atoms. The smallest absolute Gasteiger partial charge is 0.00888 e. The third-order valence-electron chi connectivity index (χ3n) is 1.52. The molecule has 0 aromatic rings. The molecule has 1 heteroatoms. The molecule has 0 heterocycles. The van der Waals surface area contributed by atoms with Gasteiger partial charge in [0, 0.05) is 5.70 Å². The van der Waals surface area contributed by atoms with Crippen LogP contribution in [0.15, 0.2) is 23.4 Å². The highest BCUT2D eigenvalue weighted by atomic mass is 14.6. The van der Waals surface area contributed by atoms with E-state index in [9.17, 15) is 0 Å². The van der Waals surface area contributed by atoms with Gasteiger partial charge in [-0.1, -0.05) is 18.6 Å². The summed E-state index contributed by atoms with van der Waals surface area (Å²) in [6.45, 7) is 4.27. The normalized spacial score (nSPS) is 27.1. The molecule has 1 unspecified atom stereocenters. The van der Waals surface area contributed by atoms with Gasteiger partial charge in [0.15, 0.2) is 0 Å². The fourth-order valence-corrected chi connectivity index (χ4v) is 1.28. The predicted octanol–water partition coefficient (Wildman–Crippen LogP) is 1.82. The molecule has 0 radical (unpaired) electrons. The molecule has 0 aromatic heterocycles. The first-order valence-corrected chi connectivity index (χ1v) is 3.33. The summed E-state index contributed by atoms with van der Waals surface area (Å²) in [6.07, 6.45) is 5.31. The van der Waals surface area contributed by atoms with Crippen molar-refractivity contribution < 1.29 is 0 Å². The number of hydrogen-bond acceptors (Lipinski definition) is 1. The Labute approximate surface area is 56.2 Å². The average molecular weight is 123 g/mol. The molecule has 0 spiro atoms. The minimum atomic E-state index is 0.634. The van der Waals surface area contributed by atoms with Crippen molar-refractivity contribution in [3.8, 4) is 0 Å². The van der Waals surface area contributed by atoms with Gasteiger partial charge in [-0.05, 0) is 25.3 Å². The number of rotatable bonds is 0. The first-order valence-electron chi connectivity index (χ1n) is 3.33. The maximum Gasteiger partial charge on any atom is 0.00888 e. The van der Waals surface area contributed by atoms with Crippen LogP contribution in [0, 0.1) is 5.92 Å². The van der Waals surface area contributed by atoms with E-state index < -0.39 is 0 Å². The molecule has 1 aliphatic rings. The van der Waals surface area contributed by atoms with Crippen molar-refractivity contribution in [2.75, 3.05) is 0 Å². The van der Waals surface area contributed by atoms with Crippen molar-refractivity contribution in [3.63, 3.8) is 0 Å². The number of allylic oxidation sites excluding steroid dienone is 4. The predicted molar refractivity (Wildman–Crippen MR) is 39.8 cm³/mol. The molecule has 0 saturated carbocycles. The third kappa shape index (κ3) is 1.60. The summed E-state index contributed by atoms with van der Waals surface area (Å²) in [5.41, 5.74) is 7.95. The molecule has 0 amide bonds. The van der Waals surface area contributed by atoms with E-state index in [1.807, 2.05) is 6.08 Å². The van der Waals surface area contributed by atoms with Crippen LogP contribution in [0.3, 0.4) is 0 Å². The van der Waals surface area contributed by atoms with Crippen LogP contribution in [0.1, 0.15) is 20.3 Å². The van der Waals surface area contributed by atoms with Gasteiger partial charge < -0.3 is 5.73 Å². The van der Waals surface area contributed by atoms with Crippen LogP contribution in [-0.4, -0.2) is 0 Å². The van der Waals surface area contributed by atoms with Crippen molar-refractivity contribution in [2.45, 2.75) is 20.3 Å². The quantitative estimate of drug-likeness (QED) is 0.522. The summed E-state index contributed by atoms with van der Waals surface area (Å²) in [4.78, 5) is 0. The minimum absolute atomic E-state index is 0.634. The van der Waals surface area contributed by atoms with Gasteiger partial charge in [-0.15, -0.1) is 0 Å². The summed E-state index contributed by atoms with van der Waals surface area (Å²) < 4.78 is 0. The summed E-state index contributed by atoms with van der Waals surface area (Å²) in [6, 6.07) is 0. The lowest BCUT2D eigenvalue weighted by Crippen LogP contribution is -2.06. The third-order valence-corrected chi connectivity index (χ3v) is 1.52. The zero-order chi connectivity index (χ0) is 6.85. The second-order valence-corrected chi connectivity index (χ2v) is 2.81. The molecule has 1 nitrogen and oxygen atoms in total. The molecule has 0 bridgehead atoms. The van der Waals surface area contributed by atoms with E-state index in [-0.39, 0.29) is 0 Å². The molecule has 1 aliphatic carbocycles. The highest BCUT2D eigenvalue weighted by Crippen LogP contribution is 2.18. The lowest BCUT2D eigenvalue weighted by Gasteiger charge is -2.12. The zero-order valence-electron chi connectivity index (χ0n) is 6.02. The van der Waals surface area contributed by atoms with Gasteiger partial charge in [0.2, 0.25) is 0 Å². The minimum Gasteiger partial charge on any atom is -0.402 e. The topological polar surface area (TPSA) is 26.0 Å². The highest BCUT2D eigenvalue weighted by molar-refractivity contribution is 5.25.